The molecule has 1 saturated heterocycles. The summed E-state index contributed by atoms with van der Waals surface area (Å²) < 4.78 is 11.2. The van der Waals surface area contributed by atoms with Gasteiger partial charge in [-0.25, -0.2) is 0 Å². The van der Waals surface area contributed by atoms with Crippen LogP contribution in [0.2, 0.25) is 0 Å². The Morgan fingerprint density at radius 2 is 2.60 bits per heavy atom. The third-order valence-corrected chi connectivity index (χ3v) is 2.39. The van der Waals surface area contributed by atoms with E-state index >= 15 is 0 Å². The minimum Gasteiger partial charge on any atom is -0.489 e. The summed E-state index contributed by atoms with van der Waals surface area (Å²) in [6.45, 7) is 5.08. The fourth-order valence-corrected chi connectivity index (χ4v) is 1.53. The van der Waals surface area contributed by atoms with Crippen LogP contribution in [0.25, 0.3) is 0 Å². The largest absolute Gasteiger partial charge is 0.489 e. The molecule has 1 aromatic rings. The van der Waals surface area contributed by atoms with Gasteiger partial charge in [-0.2, -0.15) is 0 Å². The molecule has 1 atom stereocenters. The van der Waals surface area contributed by atoms with Crippen molar-refractivity contribution in [1.29, 1.82) is 0 Å². The number of rotatable bonds is 3. The molecule has 1 fully saturated rings. The molecule has 0 radical (unpaired) electrons. The van der Waals surface area contributed by atoms with Gasteiger partial charge in [0, 0.05) is 19.3 Å². The highest BCUT2D eigenvalue weighted by Gasteiger charge is 2.14. The number of morpholine rings is 1. The molecule has 4 nitrogen and oxygen atoms in total. The van der Waals surface area contributed by atoms with E-state index in [-0.39, 0.29) is 6.10 Å². The number of aryl methyl sites for hydroxylation is 1. The third-order valence-electron chi connectivity index (χ3n) is 2.39. The molecule has 0 saturated carbocycles. The van der Waals surface area contributed by atoms with Crippen LogP contribution in [0.4, 0.5) is 0 Å². The van der Waals surface area contributed by atoms with E-state index in [0.717, 1.165) is 31.1 Å². The van der Waals surface area contributed by atoms with Gasteiger partial charge in [-0.05, 0) is 19.1 Å². The van der Waals surface area contributed by atoms with E-state index in [1.54, 1.807) is 6.20 Å². The Kier molecular flexibility index (Phi) is 3.53. The van der Waals surface area contributed by atoms with Crippen molar-refractivity contribution in [1.82, 2.24) is 10.3 Å². The van der Waals surface area contributed by atoms with Crippen molar-refractivity contribution in [3.63, 3.8) is 0 Å². The van der Waals surface area contributed by atoms with Crippen molar-refractivity contribution >= 4 is 0 Å². The summed E-state index contributed by atoms with van der Waals surface area (Å²) in [4.78, 5) is 4.16. The van der Waals surface area contributed by atoms with E-state index in [1.807, 2.05) is 19.1 Å². The summed E-state index contributed by atoms with van der Waals surface area (Å²) in [5.41, 5.74) is 0.918. The first-order valence-electron chi connectivity index (χ1n) is 5.23. The Morgan fingerprint density at radius 3 is 3.33 bits per heavy atom. The summed E-state index contributed by atoms with van der Waals surface area (Å²) in [7, 11) is 0. The number of hydrogen-bond donors (Lipinski definition) is 1. The molecular weight excluding hydrogens is 192 g/mol. The Labute approximate surface area is 89.6 Å². The molecule has 0 bridgehead atoms. The molecule has 2 heterocycles. The van der Waals surface area contributed by atoms with Crippen molar-refractivity contribution in [2.24, 2.45) is 0 Å². The lowest BCUT2D eigenvalue weighted by Crippen LogP contribution is -2.41. The normalized spacial score (nSPS) is 21.3. The maximum Gasteiger partial charge on any atom is 0.140 e. The van der Waals surface area contributed by atoms with Crippen molar-refractivity contribution in [3.05, 3.63) is 24.0 Å². The molecule has 0 spiro atoms. The van der Waals surface area contributed by atoms with Gasteiger partial charge >= 0.3 is 0 Å². The Morgan fingerprint density at radius 1 is 1.67 bits per heavy atom. The predicted molar refractivity (Wildman–Crippen MR) is 57.1 cm³/mol. The topological polar surface area (TPSA) is 43.4 Å². The lowest BCUT2D eigenvalue weighted by Gasteiger charge is -2.23. The van der Waals surface area contributed by atoms with E-state index in [9.17, 15) is 0 Å². The summed E-state index contributed by atoms with van der Waals surface area (Å²) >= 11 is 0. The lowest BCUT2D eigenvalue weighted by atomic mass is 10.3. The van der Waals surface area contributed by atoms with Crippen LogP contribution < -0.4 is 10.1 Å². The molecule has 0 unspecified atom stereocenters. The second kappa shape index (κ2) is 5.09. The monoisotopic (exact) mass is 208 g/mol. The Hall–Kier alpha value is -1.13. The zero-order chi connectivity index (χ0) is 10.5. The van der Waals surface area contributed by atoms with E-state index in [2.05, 4.69) is 10.3 Å². The van der Waals surface area contributed by atoms with Crippen LogP contribution in [0.3, 0.4) is 0 Å². The average Bonchev–Trinajstić information content (AvgIpc) is 2.29. The number of nitrogens with one attached hydrogen (secondary N) is 1. The number of pyridine rings is 1. The van der Waals surface area contributed by atoms with Crippen LogP contribution in [0.15, 0.2) is 18.3 Å². The van der Waals surface area contributed by atoms with Gasteiger partial charge in [0.2, 0.25) is 0 Å². The maximum absolute atomic E-state index is 5.65. The molecule has 0 amide bonds. The van der Waals surface area contributed by atoms with Gasteiger partial charge in [-0.15, -0.1) is 0 Å². The first-order chi connectivity index (χ1) is 7.36. The molecule has 1 aliphatic heterocycles. The summed E-state index contributed by atoms with van der Waals surface area (Å²) in [6.07, 6.45) is 1.92. The number of aromatic nitrogens is 1. The standard InChI is InChI=1S/C11H16N2O2/c1-9-11(3-2-4-13-9)15-8-10-7-12-5-6-14-10/h2-4,10,12H,5-8H2,1H3/t10-/m0/s1. The van der Waals surface area contributed by atoms with Gasteiger partial charge in [0.05, 0.1) is 12.3 Å². The van der Waals surface area contributed by atoms with Gasteiger partial charge in [-0.1, -0.05) is 0 Å². The third kappa shape index (κ3) is 2.91. The molecule has 1 aliphatic rings. The molecule has 0 aliphatic carbocycles. The molecule has 0 aromatic carbocycles. The van der Waals surface area contributed by atoms with Crippen LogP contribution in [-0.2, 0) is 4.74 Å². The zero-order valence-corrected chi connectivity index (χ0v) is 8.90. The minimum atomic E-state index is 0.151. The molecule has 2 rings (SSSR count). The van der Waals surface area contributed by atoms with Crippen LogP contribution in [0.1, 0.15) is 5.69 Å². The highest BCUT2D eigenvalue weighted by Crippen LogP contribution is 2.14. The lowest BCUT2D eigenvalue weighted by molar-refractivity contribution is -0.0000152. The van der Waals surface area contributed by atoms with E-state index in [0.29, 0.717) is 6.61 Å². The van der Waals surface area contributed by atoms with Crippen LogP contribution in [0, 0.1) is 6.92 Å². The first kappa shape index (κ1) is 10.4. The van der Waals surface area contributed by atoms with E-state index in [4.69, 9.17) is 9.47 Å². The van der Waals surface area contributed by atoms with Gasteiger partial charge in [0.25, 0.3) is 0 Å². The number of hydrogen-bond acceptors (Lipinski definition) is 4. The van der Waals surface area contributed by atoms with E-state index in [1.165, 1.54) is 0 Å². The van der Waals surface area contributed by atoms with Gasteiger partial charge in [-0.3, -0.25) is 4.98 Å². The Balaban J connectivity index is 1.84. The highest BCUT2D eigenvalue weighted by molar-refractivity contribution is 5.25. The highest BCUT2D eigenvalue weighted by atomic mass is 16.5. The molecule has 1 aromatic heterocycles. The van der Waals surface area contributed by atoms with Gasteiger partial charge in [0.15, 0.2) is 0 Å². The zero-order valence-electron chi connectivity index (χ0n) is 8.90. The number of ether oxygens (including phenoxy) is 2. The van der Waals surface area contributed by atoms with Crippen molar-refractivity contribution in [3.8, 4) is 5.75 Å². The quantitative estimate of drug-likeness (QED) is 0.796. The fraction of sp³-hybridized carbons (Fsp3) is 0.545. The average molecular weight is 208 g/mol. The fourth-order valence-electron chi connectivity index (χ4n) is 1.53. The Bertz CT molecular complexity index is 311. The van der Waals surface area contributed by atoms with Gasteiger partial charge in [0.1, 0.15) is 18.5 Å². The van der Waals surface area contributed by atoms with Crippen LogP contribution in [0.5, 0.6) is 5.75 Å². The summed E-state index contributed by atoms with van der Waals surface area (Å²) in [6, 6.07) is 3.81. The summed E-state index contributed by atoms with van der Waals surface area (Å²) in [5.74, 6) is 0.840. The second-order valence-corrected chi connectivity index (χ2v) is 3.59. The smallest absolute Gasteiger partial charge is 0.140 e. The SMILES string of the molecule is Cc1ncccc1OC[C@@H]1CNCCO1. The first-order valence-corrected chi connectivity index (χ1v) is 5.23. The molecule has 1 N–H and O–H groups in total. The van der Waals surface area contributed by atoms with Crippen LogP contribution in [-0.4, -0.2) is 37.4 Å². The van der Waals surface area contributed by atoms with Crippen molar-refractivity contribution in [2.75, 3.05) is 26.3 Å². The van der Waals surface area contributed by atoms with Crippen LogP contribution >= 0.6 is 0 Å². The van der Waals surface area contributed by atoms with Gasteiger partial charge < -0.3 is 14.8 Å². The molecule has 15 heavy (non-hydrogen) atoms. The predicted octanol–water partition coefficient (Wildman–Crippen LogP) is 0.757. The van der Waals surface area contributed by atoms with E-state index < -0.39 is 0 Å². The maximum atomic E-state index is 5.65. The number of nitrogens with zero attached hydrogens (tertiary/aromatic N) is 1. The second-order valence-electron chi connectivity index (χ2n) is 3.59. The van der Waals surface area contributed by atoms with Crippen molar-refractivity contribution in [2.45, 2.75) is 13.0 Å². The molecular formula is C11H16N2O2. The molecule has 4 heteroatoms. The molecule has 82 valence electrons. The van der Waals surface area contributed by atoms with Crippen molar-refractivity contribution < 1.29 is 9.47 Å². The minimum absolute atomic E-state index is 0.151. The summed E-state index contributed by atoms with van der Waals surface area (Å²) in [5, 5.41) is 3.27.